The van der Waals surface area contributed by atoms with Crippen molar-refractivity contribution in [1.82, 2.24) is 5.32 Å². The van der Waals surface area contributed by atoms with Crippen LogP contribution in [0.2, 0.25) is 5.02 Å². The number of anilines is 1. The van der Waals surface area contributed by atoms with Crippen LogP contribution in [0.25, 0.3) is 0 Å². The summed E-state index contributed by atoms with van der Waals surface area (Å²) in [7, 11) is 0. The summed E-state index contributed by atoms with van der Waals surface area (Å²) in [6, 6.07) is 6.41. The smallest absolute Gasteiger partial charge is 0.0437 e. The Morgan fingerprint density at radius 1 is 1.43 bits per heavy atom. The number of benzene rings is 1. The van der Waals surface area contributed by atoms with Crippen LogP contribution in [0.5, 0.6) is 0 Å². The Hall–Kier alpha value is -0.250. The molecule has 76 valence electrons. The van der Waals surface area contributed by atoms with Gasteiger partial charge in [-0.1, -0.05) is 27.5 Å². The van der Waals surface area contributed by atoms with Gasteiger partial charge in [-0.05, 0) is 31.2 Å². The molecule has 2 rings (SSSR count). The molecule has 0 radical (unpaired) electrons. The molecule has 4 heteroatoms. The Bertz CT molecular complexity index is 304. The van der Waals surface area contributed by atoms with E-state index in [-0.39, 0.29) is 0 Å². The highest BCUT2D eigenvalue weighted by Gasteiger charge is 2.13. The number of halogens is 2. The highest BCUT2D eigenvalue weighted by Crippen LogP contribution is 2.23. The van der Waals surface area contributed by atoms with E-state index in [0.29, 0.717) is 6.04 Å². The molecule has 2 nitrogen and oxygen atoms in total. The van der Waals surface area contributed by atoms with Gasteiger partial charge in [-0.2, -0.15) is 0 Å². The predicted octanol–water partition coefficient (Wildman–Crippen LogP) is 2.88. The van der Waals surface area contributed by atoms with Crippen molar-refractivity contribution in [2.45, 2.75) is 12.5 Å². The van der Waals surface area contributed by atoms with Crippen molar-refractivity contribution in [1.29, 1.82) is 0 Å². The molecule has 1 unspecified atom stereocenters. The molecule has 1 saturated heterocycles. The standard InChI is InChI=1S/C10H12BrClN2/c11-7-3-8(12)5-10(4-7)14-9-1-2-13-6-9/h3-5,9,13-14H,1-2,6H2. The molecule has 1 heterocycles. The van der Waals surface area contributed by atoms with Gasteiger partial charge in [-0.15, -0.1) is 0 Å². The number of nitrogens with one attached hydrogen (secondary N) is 2. The zero-order valence-electron chi connectivity index (χ0n) is 7.69. The van der Waals surface area contributed by atoms with Crippen molar-refractivity contribution in [2.75, 3.05) is 18.4 Å². The highest BCUT2D eigenvalue weighted by molar-refractivity contribution is 9.10. The summed E-state index contributed by atoms with van der Waals surface area (Å²) in [5.41, 5.74) is 1.08. The second-order valence-corrected chi connectivity index (χ2v) is 4.84. The van der Waals surface area contributed by atoms with Crippen LogP contribution < -0.4 is 10.6 Å². The molecule has 0 amide bonds. The molecule has 0 saturated carbocycles. The van der Waals surface area contributed by atoms with E-state index in [1.54, 1.807) is 0 Å². The van der Waals surface area contributed by atoms with Gasteiger partial charge in [0.1, 0.15) is 0 Å². The van der Waals surface area contributed by atoms with Crippen molar-refractivity contribution in [3.05, 3.63) is 27.7 Å². The molecular formula is C10H12BrClN2. The summed E-state index contributed by atoms with van der Waals surface area (Å²) in [5, 5.41) is 7.52. The van der Waals surface area contributed by atoms with Crippen LogP contribution in [-0.2, 0) is 0 Å². The largest absolute Gasteiger partial charge is 0.381 e. The maximum Gasteiger partial charge on any atom is 0.0437 e. The zero-order valence-corrected chi connectivity index (χ0v) is 10.0. The van der Waals surface area contributed by atoms with Crippen LogP contribution in [0.3, 0.4) is 0 Å². The lowest BCUT2D eigenvalue weighted by molar-refractivity contribution is 0.793. The molecule has 14 heavy (non-hydrogen) atoms. The molecule has 0 aliphatic carbocycles. The maximum atomic E-state index is 5.95. The summed E-state index contributed by atoms with van der Waals surface area (Å²) in [6.45, 7) is 2.13. The zero-order chi connectivity index (χ0) is 9.97. The van der Waals surface area contributed by atoms with Gasteiger partial charge in [0.05, 0.1) is 0 Å². The molecule has 1 aromatic carbocycles. The first kappa shape index (κ1) is 10.3. The van der Waals surface area contributed by atoms with Crippen molar-refractivity contribution in [3.63, 3.8) is 0 Å². The molecule has 1 aliphatic rings. The van der Waals surface area contributed by atoms with Crippen molar-refractivity contribution < 1.29 is 0 Å². The summed E-state index contributed by atoms with van der Waals surface area (Å²) in [4.78, 5) is 0. The third-order valence-electron chi connectivity index (χ3n) is 2.29. The highest BCUT2D eigenvalue weighted by atomic mass is 79.9. The lowest BCUT2D eigenvalue weighted by Crippen LogP contribution is -2.21. The normalized spacial score (nSPS) is 21.1. The summed E-state index contributed by atoms with van der Waals surface area (Å²) in [5.74, 6) is 0. The minimum Gasteiger partial charge on any atom is -0.381 e. The fourth-order valence-corrected chi connectivity index (χ4v) is 2.51. The average Bonchev–Trinajstić information content (AvgIpc) is 2.54. The third kappa shape index (κ3) is 2.62. The molecule has 0 bridgehead atoms. The van der Waals surface area contributed by atoms with Crippen LogP contribution in [0.15, 0.2) is 22.7 Å². The second kappa shape index (κ2) is 4.51. The lowest BCUT2D eigenvalue weighted by Gasteiger charge is -2.13. The second-order valence-electron chi connectivity index (χ2n) is 3.49. The number of rotatable bonds is 2. The van der Waals surface area contributed by atoms with Crippen LogP contribution in [0.1, 0.15) is 6.42 Å². The van der Waals surface area contributed by atoms with Gasteiger partial charge in [0.15, 0.2) is 0 Å². The molecule has 0 spiro atoms. The van der Waals surface area contributed by atoms with Gasteiger partial charge in [0.2, 0.25) is 0 Å². The summed E-state index contributed by atoms with van der Waals surface area (Å²) < 4.78 is 1.01. The van der Waals surface area contributed by atoms with Crippen LogP contribution in [-0.4, -0.2) is 19.1 Å². The first-order chi connectivity index (χ1) is 6.74. The average molecular weight is 276 g/mol. The van der Waals surface area contributed by atoms with Gasteiger partial charge in [-0.25, -0.2) is 0 Å². The van der Waals surface area contributed by atoms with Crippen LogP contribution in [0.4, 0.5) is 5.69 Å². The molecule has 2 N–H and O–H groups in total. The molecule has 1 fully saturated rings. The fraction of sp³-hybridized carbons (Fsp3) is 0.400. The molecule has 1 atom stereocenters. The quantitative estimate of drug-likeness (QED) is 0.867. The maximum absolute atomic E-state index is 5.95. The monoisotopic (exact) mass is 274 g/mol. The first-order valence-corrected chi connectivity index (χ1v) is 5.84. The van der Waals surface area contributed by atoms with E-state index in [9.17, 15) is 0 Å². The molecule has 1 aliphatic heterocycles. The van der Waals surface area contributed by atoms with Gasteiger partial charge in [0, 0.05) is 27.8 Å². The van der Waals surface area contributed by atoms with E-state index in [2.05, 4.69) is 26.6 Å². The first-order valence-electron chi connectivity index (χ1n) is 4.67. The van der Waals surface area contributed by atoms with Crippen molar-refractivity contribution in [3.8, 4) is 0 Å². The van der Waals surface area contributed by atoms with Gasteiger partial charge >= 0.3 is 0 Å². The van der Waals surface area contributed by atoms with Gasteiger partial charge in [-0.3, -0.25) is 0 Å². The lowest BCUT2D eigenvalue weighted by atomic mass is 10.2. The van der Waals surface area contributed by atoms with Crippen LogP contribution in [0, 0.1) is 0 Å². The van der Waals surface area contributed by atoms with E-state index in [0.717, 1.165) is 28.3 Å². The van der Waals surface area contributed by atoms with Gasteiger partial charge < -0.3 is 10.6 Å². The van der Waals surface area contributed by atoms with E-state index in [1.165, 1.54) is 6.42 Å². The van der Waals surface area contributed by atoms with E-state index in [1.807, 2.05) is 18.2 Å². The predicted molar refractivity (Wildman–Crippen MR) is 64.0 cm³/mol. The summed E-state index contributed by atoms with van der Waals surface area (Å²) >= 11 is 9.37. The van der Waals surface area contributed by atoms with Crippen molar-refractivity contribution in [2.24, 2.45) is 0 Å². The van der Waals surface area contributed by atoms with E-state index in [4.69, 9.17) is 11.6 Å². The third-order valence-corrected chi connectivity index (χ3v) is 2.97. The van der Waals surface area contributed by atoms with Crippen molar-refractivity contribution >= 4 is 33.2 Å². The molecule has 0 aromatic heterocycles. The Kier molecular flexibility index (Phi) is 3.31. The fourth-order valence-electron chi connectivity index (χ4n) is 1.65. The SMILES string of the molecule is Clc1cc(Br)cc(NC2CCNC2)c1. The number of hydrogen-bond donors (Lipinski definition) is 2. The minimum atomic E-state index is 0.528. The van der Waals surface area contributed by atoms with Crippen LogP contribution >= 0.6 is 27.5 Å². The summed E-state index contributed by atoms with van der Waals surface area (Å²) in [6.07, 6.45) is 1.17. The van der Waals surface area contributed by atoms with E-state index < -0.39 is 0 Å². The molecular weight excluding hydrogens is 263 g/mol. The molecule has 1 aromatic rings. The minimum absolute atomic E-state index is 0.528. The number of hydrogen-bond acceptors (Lipinski definition) is 2. The van der Waals surface area contributed by atoms with Gasteiger partial charge in [0.25, 0.3) is 0 Å². The van der Waals surface area contributed by atoms with E-state index >= 15 is 0 Å². The Morgan fingerprint density at radius 3 is 2.93 bits per heavy atom. The Labute approximate surface area is 97.2 Å². The Morgan fingerprint density at radius 2 is 2.29 bits per heavy atom. The Balaban J connectivity index is 2.07. The topological polar surface area (TPSA) is 24.1 Å².